The van der Waals surface area contributed by atoms with Gasteiger partial charge in [0.2, 0.25) is 15.9 Å². The number of rotatable bonds is 4. The van der Waals surface area contributed by atoms with Crippen molar-refractivity contribution in [1.82, 2.24) is 9.21 Å². The van der Waals surface area contributed by atoms with Crippen LogP contribution in [-0.4, -0.2) is 62.9 Å². The number of piperazine rings is 1. The van der Waals surface area contributed by atoms with E-state index in [2.05, 4.69) is 0 Å². The monoisotopic (exact) mass is 434 g/mol. The number of aryl methyl sites for hydroxylation is 1. The number of hydrogen-bond donors (Lipinski definition) is 0. The van der Waals surface area contributed by atoms with Gasteiger partial charge in [0.15, 0.2) is 11.5 Å². The molecule has 4 rings (SSSR count). The highest BCUT2D eigenvalue weighted by molar-refractivity contribution is 7.89. The number of carbonyl (C=O) groups is 1. The van der Waals surface area contributed by atoms with Crippen LogP contribution in [0.15, 0.2) is 41.3 Å². The maximum atomic E-state index is 13.0. The summed E-state index contributed by atoms with van der Waals surface area (Å²) in [4.78, 5) is 16.5. The van der Waals surface area contributed by atoms with E-state index in [-0.39, 0.29) is 23.9 Å². The van der Waals surface area contributed by atoms with E-state index < -0.39 is 10.0 Å². The molecule has 0 atom stereocenters. The lowest BCUT2D eigenvalue weighted by Crippen LogP contribution is -2.50. The molecule has 0 saturated carbocycles. The number of ether oxygens (including phenoxy) is 2. The van der Waals surface area contributed by atoms with Crippen LogP contribution in [0.1, 0.15) is 9.75 Å². The molecule has 1 amide bonds. The van der Waals surface area contributed by atoms with E-state index in [4.69, 9.17) is 9.47 Å². The van der Waals surface area contributed by atoms with Crippen LogP contribution >= 0.6 is 11.3 Å². The quantitative estimate of drug-likeness (QED) is 0.691. The van der Waals surface area contributed by atoms with Gasteiger partial charge in [-0.25, -0.2) is 8.42 Å². The van der Waals surface area contributed by atoms with Gasteiger partial charge in [0.25, 0.3) is 0 Å². The van der Waals surface area contributed by atoms with Gasteiger partial charge in [0, 0.05) is 48.1 Å². The molecule has 1 aromatic carbocycles. The zero-order valence-corrected chi connectivity index (χ0v) is 17.7. The lowest BCUT2D eigenvalue weighted by molar-refractivity contribution is -0.127. The average Bonchev–Trinajstić information content (AvgIpc) is 3.17. The van der Waals surface area contributed by atoms with Crippen molar-refractivity contribution < 1.29 is 22.7 Å². The summed E-state index contributed by atoms with van der Waals surface area (Å²) in [5.74, 6) is 0.894. The fourth-order valence-corrected chi connectivity index (χ4v) is 5.50. The average molecular weight is 435 g/mol. The normalized spacial score (nSPS) is 17.6. The molecule has 154 valence electrons. The Morgan fingerprint density at radius 1 is 1.03 bits per heavy atom. The Kier molecular flexibility index (Phi) is 5.62. The molecule has 0 unspecified atom stereocenters. The van der Waals surface area contributed by atoms with Gasteiger partial charge >= 0.3 is 0 Å². The summed E-state index contributed by atoms with van der Waals surface area (Å²) in [6, 6.07) is 8.65. The molecular weight excluding hydrogens is 412 g/mol. The fraction of sp³-hybridized carbons (Fsp3) is 0.350. The SMILES string of the molecule is Cc1ccc(/C=C/C(=O)N2CCN(S(=O)(=O)c3ccc4c(c3)OCCO4)CC2)s1. The second-order valence-electron chi connectivity index (χ2n) is 6.82. The van der Waals surface area contributed by atoms with Crippen LogP contribution in [0.4, 0.5) is 0 Å². The van der Waals surface area contributed by atoms with Crippen LogP contribution in [0.2, 0.25) is 0 Å². The standard InChI is InChI=1S/C20H22N2O5S2/c1-15-2-3-16(28-15)4-7-20(23)21-8-10-22(11-9-21)29(24,25)17-5-6-18-19(14-17)27-13-12-26-18/h2-7,14H,8-13H2,1H3/b7-4+. The Balaban J connectivity index is 1.39. The summed E-state index contributed by atoms with van der Waals surface area (Å²) >= 11 is 1.62. The summed E-state index contributed by atoms with van der Waals surface area (Å²) < 4.78 is 38.3. The van der Waals surface area contributed by atoms with Gasteiger partial charge < -0.3 is 14.4 Å². The maximum Gasteiger partial charge on any atom is 0.246 e. The van der Waals surface area contributed by atoms with E-state index in [1.807, 2.05) is 19.1 Å². The Hall–Kier alpha value is -2.36. The topological polar surface area (TPSA) is 76.2 Å². The number of hydrogen-bond acceptors (Lipinski definition) is 6. The third-order valence-corrected chi connectivity index (χ3v) is 7.71. The molecule has 1 fully saturated rings. The molecule has 2 aromatic rings. The minimum absolute atomic E-state index is 0.104. The molecule has 1 aromatic heterocycles. The molecule has 7 nitrogen and oxygen atoms in total. The predicted molar refractivity (Wildman–Crippen MR) is 111 cm³/mol. The van der Waals surface area contributed by atoms with Crippen LogP contribution in [0.5, 0.6) is 11.5 Å². The van der Waals surface area contributed by atoms with Gasteiger partial charge in [-0.1, -0.05) is 0 Å². The molecule has 29 heavy (non-hydrogen) atoms. The third-order valence-electron chi connectivity index (χ3n) is 4.85. The van der Waals surface area contributed by atoms with Crippen LogP contribution in [0, 0.1) is 6.92 Å². The van der Waals surface area contributed by atoms with Gasteiger partial charge in [0.05, 0.1) is 4.90 Å². The highest BCUT2D eigenvalue weighted by atomic mass is 32.2. The van der Waals surface area contributed by atoms with Crippen LogP contribution in [0.3, 0.4) is 0 Å². The van der Waals surface area contributed by atoms with E-state index in [9.17, 15) is 13.2 Å². The molecule has 0 radical (unpaired) electrons. The van der Waals surface area contributed by atoms with Crippen molar-refractivity contribution in [2.24, 2.45) is 0 Å². The summed E-state index contributed by atoms with van der Waals surface area (Å²) in [5.41, 5.74) is 0. The minimum Gasteiger partial charge on any atom is -0.486 e. The first kappa shape index (κ1) is 19.9. The lowest BCUT2D eigenvalue weighted by atomic mass is 10.3. The van der Waals surface area contributed by atoms with Gasteiger partial charge in [-0.3, -0.25) is 4.79 Å². The number of nitrogens with zero attached hydrogens (tertiary/aromatic N) is 2. The van der Waals surface area contributed by atoms with Gasteiger partial charge in [-0.2, -0.15) is 4.31 Å². The third kappa shape index (κ3) is 4.31. The summed E-state index contributed by atoms with van der Waals surface area (Å²) in [6.07, 6.45) is 3.36. The summed E-state index contributed by atoms with van der Waals surface area (Å²) in [5, 5.41) is 0. The number of amides is 1. The smallest absolute Gasteiger partial charge is 0.246 e. The first-order valence-electron chi connectivity index (χ1n) is 9.37. The Bertz CT molecular complexity index is 1040. The minimum atomic E-state index is -3.65. The first-order valence-corrected chi connectivity index (χ1v) is 11.6. The van der Waals surface area contributed by atoms with Gasteiger partial charge in [-0.15, -0.1) is 11.3 Å². The van der Waals surface area contributed by atoms with E-state index in [1.165, 1.54) is 21.3 Å². The molecule has 1 saturated heterocycles. The van der Waals surface area contributed by atoms with Gasteiger partial charge in [-0.05, 0) is 37.3 Å². The van der Waals surface area contributed by atoms with Crippen LogP contribution in [0.25, 0.3) is 6.08 Å². The van der Waals surface area contributed by atoms with E-state index in [1.54, 1.807) is 34.5 Å². The number of thiophene rings is 1. The summed E-state index contributed by atoms with van der Waals surface area (Å²) in [6.45, 7) is 4.10. The highest BCUT2D eigenvalue weighted by Crippen LogP contribution is 2.33. The van der Waals surface area contributed by atoms with E-state index >= 15 is 0 Å². The number of carbonyl (C=O) groups excluding carboxylic acids is 1. The largest absolute Gasteiger partial charge is 0.486 e. The number of sulfonamides is 1. The van der Waals surface area contributed by atoms with Crippen molar-refractivity contribution in [3.05, 3.63) is 46.2 Å². The van der Waals surface area contributed by atoms with E-state index in [0.717, 1.165) is 4.88 Å². The molecule has 2 aliphatic rings. The zero-order chi connectivity index (χ0) is 20.4. The second kappa shape index (κ2) is 8.17. The van der Waals surface area contributed by atoms with Crippen molar-refractivity contribution in [2.75, 3.05) is 39.4 Å². The molecule has 3 heterocycles. The second-order valence-corrected chi connectivity index (χ2v) is 10.1. The number of benzene rings is 1. The summed E-state index contributed by atoms with van der Waals surface area (Å²) in [7, 11) is -3.65. The highest BCUT2D eigenvalue weighted by Gasteiger charge is 2.30. The van der Waals surface area contributed by atoms with Crippen molar-refractivity contribution in [3.63, 3.8) is 0 Å². The molecule has 0 spiro atoms. The molecule has 2 aliphatic heterocycles. The maximum absolute atomic E-state index is 13.0. The van der Waals surface area contributed by atoms with Crippen molar-refractivity contribution in [3.8, 4) is 11.5 Å². The van der Waals surface area contributed by atoms with E-state index in [0.29, 0.717) is 37.8 Å². The van der Waals surface area contributed by atoms with Gasteiger partial charge in [0.1, 0.15) is 13.2 Å². The molecule has 0 N–H and O–H groups in total. The number of fused-ring (bicyclic) bond motifs is 1. The van der Waals surface area contributed by atoms with Crippen molar-refractivity contribution in [2.45, 2.75) is 11.8 Å². The zero-order valence-electron chi connectivity index (χ0n) is 16.0. The Morgan fingerprint density at radius 3 is 2.45 bits per heavy atom. The van der Waals surface area contributed by atoms with Crippen molar-refractivity contribution in [1.29, 1.82) is 0 Å². The fourth-order valence-electron chi connectivity index (χ4n) is 3.28. The predicted octanol–water partition coefficient (Wildman–Crippen LogP) is 2.37. The van der Waals surface area contributed by atoms with Crippen molar-refractivity contribution >= 4 is 33.3 Å². The van der Waals surface area contributed by atoms with Crippen LogP contribution < -0.4 is 9.47 Å². The Morgan fingerprint density at radius 2 is 1.76 bits per heavy atom. The molecule has 0 bridgehead atoms. The first-order chi connectivity index (χ1) is 13.9. The van der Waals surface area contributed by atoms with Crippen LogP contribution in [-0.2, 0) is 14.8 Å². The lowest BCUT2D eigenvalue weighted by Gasteiger charge is -2.33. The molecule has 0 aliphatic carbocycles. The Labute approximate surface area is 174 Å². The molecular formula is C20H22N2O5S2. The molecule has 9 heteroatoms.